The molecule has 1 aliphatic heterocycles. The Morgan fingerprint density at radius 2 is 1.76 bits per heavy atom. The van der Waals surface area contributed by atoms with Crippen LogP contribution in [0.2, 0.25) is 0 Å². The normalized spacial score (nSPS) is 32.2. The van der Waals surface area contributed by atoms with Crippen LogP contribution in [0.5, 0.6) is 5.75 Å². The average Bonchev–Trinajstić information content (AvgIpc) is 2.64. The third-order valence-corrected chi connectivity index (χ3v) is 4.11. The highest BCUT2D eigenvalue weighted by Gasteiger charge is 2.43. The zero-order valence-corrected chi connectivity index (χ0v) is 13.7. The molecule has 6 N–H and O–H groups in total. The third-order valence-electron chi connectivity index (χ3n) is 4.11. The topological polar surface area (TPSA) is 149 Å². The van der Waals surface area contributed by atoms with Gasteiger partial charge in [0.25, 0.3) is 0 Å². The summed E-state index contributed by atoms with van der Waals surface area (Å²) < 4.78 is 15.8. The van der Waals surface area contributed by atoms with Crippen molar-refractivity contribution in [2.75, 3.05) is 20.3 Å². The molecule has 4 unspecified atom stereocenters. The molecule has 1 heterocycles. The van der Waals surface area contributed by atoms with Crippen molar-refractivity contribution in [2.24, 2.45) is 0 Å². The van der Waals surface area contributed by atoms with Crippen LogP contribution in [-0.4, -0.2) is 87.8 Å². The first-order valence-corrected chi connectivity index (χ1v) is 7.81. The number of hydrogen-bond acceptors (Lipinski definition) is 9. The Balaban J connectivity index is 2.13. The van der Waals surface area contributed by atoms with Crippen molar-refractivity contribution < 1.29 is 44.8 Å². The van der Waals surface area contributed by atoms with Crippen molar-refractivity contribution in [3.63, 3.8) is 0 Å². The standard InChI is InChI=1S/C16H24O9/c1-23-10-5-3-2-4-8(10)15(9(18)6-17)24-7-11-12(19)13(20)14(21)16(22)25-11/h2-5,9,11-22H,6-7H2,1H3/t9?,11?,12-,13-,14?,15?,16+/m1/s1. The maximum atomic E-state index is 10.1. The Labute approximate surface area is 144 Å². The number of para-hydroxylation sites is 1. The maximum Gasteiger partial charge on any atom is 0.184 e. The van der Waals surface area contributed by atoms with E-state index in [0.717, 1.165) is 0 Å². The molecule has 1 aliphatic rings. The molecule has 142 valence electrons. The highest BCUT2D eigenvalue weighted by molar-refractivity contribution is 5.35. The Morgan fingerprint density at radius 1 is 1.08 bits per heavy atom. The van der Waals surface area contributed by atoms with Crippen molar-refractivity contribution in [1.82, 2.24) is 0 Å². The van der Waals surface area contributed by atoms with Crippen LogP contribution in [-0.2, 0) is 9.47 Å². The monoisotopic (exact) mass is 360 g/mol. The van der Waals surface area contributed by atoms with Crippen LogP contribution in [0.1, 0.15) is 11.7 Å². The first kappa shape index (κ1) is 20.0. The minimum Gasteiger partial charge on any atom is -0.496 e. The second-order valence-corrected chi connectivity index (χ2v) is 5.78. The van der Waals surface area contributed by atoms with Gasteiger partial charge >= 0.3 is 0 Å². The van der Waals surface area contributed by atoms with Gasteiger partial charge in [-0.2, -0.15) is 0 Å². The summed E-state index contributed by atoms with van der Waals surface area (Å²) in [4.78, 5) is 0. The molecule has 1 saturated heterocycles. The second-order valence-electron chi connectivity index (χ2n) is 5.78. The summed E-state index contributed by atoms with van der Waals surface area (Å²) in [6.45, 7) is -0.900. The first-order chi connectivity index (χ1) is 11.9. The fourth-order valence-electron chi connectivity index (χ4n) is 2.67. The smallest absolute Gasteiger partial charge is 0.184 e. The van der Waals surface area contributed by atoms with Gasteiger partial charge < -0.3 is 44.8 Å². The van der Waals surface area contributed by atoms with Crippen molar-refractivity contribution in [1.29, 1.82) is 0 Å². The average molecular weight is 360 g/mol. The summed E-state index contributed by atoms with van der Waals surface area (Å²) in [5.74, 6) is 0.431. The summed E-state index contributed by atoms with van der Waals surface area (Å²) >= 11 is 0. The molecule has 1 fully saturated rings. The zero-order valence-electron chi connectivity index (χ0n) is 13.7. The SMILES string of the molecule is COc1ccccc1C(OCC1O[C@H](O)C(O)[C@H](O)[C@@H]1O)C(O)CO. The third kappa shape index (κ3) is 4.46. The number of aliphatic hydroxyl groups excluding tert-OH is 6. The van der Waals surface area contributed by atoms with Gasteiger partial charge in [0.1, 0.15) is 42.4 Å². The van der Waals surface area contributed by atoms with E-state index in [1.54, 1.807) is 24.3 Å². The lowest BCUT2D eigenvalue weighted by Gasteiger charge is -2.38. The quantitative estimate of drug-likeness (QED) is 0.322. The molecular formula is C16H24O9. The molecule has 0 aromatic heterocycles. The minimum absolute atomic E-state index is 0.318. The van der Waals surface area contributed by atoms with E-state index in [9.17, 15) is 30.6 Å². The Kier molecular flexibility index (Phi) is 7.11. The van der Waals surface area contributed by atoms with E-state index >= 15 is 0 Å². The number of ether oxygens (including phenoxy) is 3. The lowest BCUT2D eigenvalue weighted by atomic mass is 9.99. The molecule has 0 aliphatic carbocycles. The summed E-state index contributed by atoms with van der Waals surface area (Å²) in [5.41, 5.74) is 0.470. The van der Waals surface area contributed by atoms with E-state index in [-0.39, 0.29) is 6.61 Å². The molecule has 0 bridgehead atoms. The highest BCUT2D eigenvalue weighted by atomic mass is 16.6. The van der Waals surface area contributed by atoms with Crippen LogP contribution in [0.15, 0.2) is 24.3 Å². The number of hydrogen-bond donors (Lipinski definition) is 6. The molecule has 25 heavy (non-hydrogen) atoms. The number of methoxy groups -OCH3 is 1. The molecule has 0 radical (unpaired) electrons. The molecule has 0 spiro atoms. The van der Waals surface area contributed by atoms with Gasteiger partial charge in [0, 0.05) is 5.56 Å². The van der Waals surface area contributed by atoms with Gasteiger partial charge in [0.15, 0.2) is 6.29 Å². The fraction of sp³-hybridized carbons (Fsp3) is 0.625. The summed E-state index contributed by atoms with van der Waals surface area (Å²) in [6.07, 6.45) is -9.85. The van der Waals surface area contributed by atoms with Crippen LogP contribution >= 0.6 is 0 Å². The van der Waals surface area contributed by atoms with Crippen LogP contribution < -0.4 is 4.74 Å². The molecule has 1 aromatic carbocycles. The molecule has 1 aromatic rings. The Hall–Kier alpha value is -1.30. The van der Waals surface area contributed by atoms with Gasteiger partial charge in [-0.25, -0.2) is 0 Å². The van der Waals surface area contributed by atoms with E-state index in [4.69, 9.17) is 14.2 Å². The second kappa shape index (κ2) is 8.88. The van der Waals surface area contributed by atoms with Crippen molar-refractivity contribution in [3.05, 3.63) is 29.8 Å². The van der Waals surface area contributed by atoms with E-state index in [0.29, 0.717) is 11.3 Å². The lowest BCUT2D eigenvalue weighted by Crippen LogP contribution is -2.58. The highest BCUT2D eigenvalue weighted by Crippen LogP contribution is 2.31. The predicted octanol–water partition coefficient (Wildman–Crippen LogP) is -2.09. The van der Waals surface area contributed by atoms with Crippen molar-refractivity contribution in [3.8, 4) is 5.75 Å². The molecule has 0 amide bonds. The first-order valence-electron chi connectivity index (χ1n) is 7.81. The number of rotatable bonds is 7. The van der Waals surface area contributed by atoms with Crippen LogP contribution in [0.25, 0.3) is 0 Å². The maximum absolute atomic E-state index is 10.1. The van der Waals surface area contributed by atoms with Gasteiger partial charge in [0.05, 0.1) is 20.3 Å². The van der Waals surface area contributed by atoms with E-state index in [2.05, 4.69) is 0 Å². The van der Waals surface area contributed by atoms with Gasteiger partial charge in [0.2, 0.25) is 0 Å². The van der Waals surface area contributed by atoms with E-state index in [1.165, 1.54) is 7.11 Å². The lowest BCUT2D eigenvalue weighted by molar-refractivity contribution is -0.291. The molecule has 9 heteroatoms. The van der Waals surface area contributed by atoms with Crippen molar-refractivity contribution in [2.45, 2.75) is 42.9 Å². The van der Waals surface area contributed by atoms with E-state index in [1.807, 2.05) is 0 Å². The molecular weight excluding hydrogens is 336 g/mol. The van der Waals surface area contributed by atoms with E-state index < -0.39 is 49.5 Å². The Bertz CT molecular complexity index is 540. The summed E-state index contributed by atoms with van der Waals surface area (Å²) in [7, 11) is 1.45. The van der Waals surface area contributed by atoms with Crippen LogP contribution in [0, 0.1) is 0 Å². The van der Waals surface area contributed by atoms with Gasteiger partial charge in [-0.15, -0.1) is 0 Å². The fourth-order valence-corrected chi connectivity index (χ4v) is 2.67. The molecule has 9 nitrogen and oxygen atoms in total. The summed E-state index contributed by atoms with van der Waals surface area (Å²) in [6, 6.07) is 6.74. The zero-order chi connectivity index (χ0) is 18.6. The van der Waals surface area contributed by atoms with Gasteiger partial charge in [-0.3, -0.25) is 0 Å². The molecule has 0 saturated carbocycles. The Morgan fingerprint density at radius 3 is 2.40 bits per heavy atom. The van der Waals surface area contributed by atoms with Crippen molar-refractivity contribution >= 4 is 0 Å². The van der Waals surface area contributed by atoms with Crippen LogP contribution in [0.3, 0.4) is 0 Å². The van der Waals surface area contributed by atoms with Crippen LogP contribution in [0.4, 0.5) is 0 Å². The number of benzene rings is 1. The summed E-state index contributed by atoms with van der Waals surface area (Å²) in [5, 5.41) is 58.0. The van der Waals surface area contributed by atoms with Gasteiger partial charge in [-0.05, 0) is 6.07 Å². The largest absolute Gasteiger partial charge is 0.496 e. The molecule has 7 atom stereocenters. The van der Waals surface area contributed by atoms with Gasteiger partial charge in [-0.1, -0.05) is 18.2 Å². The minimum atomic E-state index is -1.68. The molecule has 2 rings (SSSR count). The number of aliphatic hydroxyl groups is 6. The predicted molar refractivity (Wildman–Crippen MR) is 83.7 cm³/mol.